The smallest absolute Gasteiger partial charge is 0.268 e. The van der Waals surface area contributed by atoms with Crippen molar-refractivity contribution in [2.45, 2.75) is 19.8 Å². The van der Waals surface area contributed by atoms with Crippen molar-refractivity contribution < 1.29 is 9.59 Å². The van der Waals surface area contributed by atoms with E-state index in [9.17, 15) is 9.59 Å². The van der Waals surface area contributed by atoms with Gasteiger partial charge in [0.05, 0.1) is 12.2 Å². The van der Waals surface area contributed by atoms with E-state index >= 15 is 0 Å². The highest BCUT2D eigenvalue weighted by Gasteiger charge is 2.25. The summed E-state index contributed by atoms with van der Waals surface area (Å²) in [6.45, 7) is 3.22. The van der Waals surface area contributed by atoms with Crippen LogP contribution in [0, 0.1) is 0 Å². The second kappa shape index (κ2) is 5.22. The van der Waals surface area contributed by atoms with Crippen LogP contribution >= 0.6 is 11.5 Å². The molecular weight excluding hydrogens is 240 g/mol. The molecule has 7 heteroatoms. The summed E-state index contributed by atoms with van der Waals surface area (Å²) in [6, 6.07) is 0. The Balaban J connectivity index is 2.12. The van der Waals surface area contributed by atoms with Gasteiger partial charge in [0.2, 0.25) is 5.91 Å². The molecule has 2 rings (SSSR count). The molecule has 1 N–H and O–H groups in total. The second-order valence-corrected chi connectivity index (χ2v) is 4.63. The number of piperazine rings is 1. The molecule has 1 aromatic heterocycles. The first-order valence-corrected chi connectivity index (χ1v) is 6.37. The van der Waals surface area contributed by atoms with Crippen LogP contribution in [-0.2, 0) is 11.2 Å². The van der Waals surface area contributed by atoms with E-state index in [1.165, 1.54) is 0 Å². The summed E-state index contributed by atoms with van der Waals surface area (Å²) < 4.78 is 3.82. The van der Waals surface area contributed by atoms with Gasteiger partial charge in [-0.05, 0) is 18.0 Å². The van der Waals surface area contributed by atoms with Crippen LogP contribution in [0.1, 0.15) is 28.7 Å². The van der Waals surface area contributed by atoms with Gasteiger partial charge in [-0.3, -0.25) is 9.59 Å². The maximum atomic E-state index is 12.2. The number of aryl methyl sites for hydroxylation is 1. The van der Waals surface area contributed by atoms with Crippen LogP contribution in [0.15, 0.2) is 0 Å². The highest BCUT2D eigenvalue weighted by molar-refractivity contribution is 7.08. The highest BCUT2D eigenvalue weighted by atomic mass is 32.1. The van der Waals surface area contributed by atoms with Crippen LogP contribution in [-0.4, -0.2) is 45.9 Å². The molecule has 1 fully saturated rings. The Bertz CT molecular complexity index is 432. The third kappa shape index (κ3) is 2.60. The molecule has 0 aliphatic carbocycles. The third-order valence-electron chi connectivity index (χ3n) is 2.56. The number of carbonyl (C=O) groups is 2. The van der Waals surface area contributed by atoms with Gasteiger partial charge in [-0.2, -0.15) is 0 Å². The first-order valence-electron chi connectivity index (χ1n) is 5.59. The van der Waals surface area contributed by atoms with E-state index in [0.29, 0.717) is 18.0 Å². The second-order valence-electron chi connectivity index (χ2n) is 3.88. The van der Waals surface area contributed by atoms with Gasteiger partial charge in [0.25, 0.3) is 5.91 Å². The lowest BCUT2D eigenvalue weighted by molar-refractivity contribution is -0.123. The summed E-state index contributed by atoms with van der Waals surface area (Å²) in [7, 11) is 0. The van der Waals surface area contributed by atoms with E-state index in [4.69, 9.17) is 0 Å². The number of aromatic nitrogens is 2. The lowest BCUT2D eigenvalue weighted by Crippen LogP contribution is -2.49. The lowest BCUT2D eigenvalue weighted by Gasteiger charge is -2.26. The van der Waals surface area contributed by atoms with Gasteiger partial charge < -0.3 is 10.2 Å². The van der Waals surface area contributed by atoms with Gasteiger partial charge in [0, 0.05) is 13.1 Å². The topological polar surface area (TPSA) is 75.2 Å². The van der Waals surface area contributed by atoms with Crippen molar-refractivity contribution in [1.82, 2.24) is 19.8 Å². The Hall–Kier alpha value is -1.50. The van der Waals surface area contributed by atoms with Crippen LogP contribution in [0.3, 0.4) is 0 Å². The SMILES string of the molecule is CCCc1nnsc1C(=O)N1CCNC(=O)C1. The highest BCUT2D eigenvalue weighted by Crippen LogP contribution is 2.15. The van der Waals surface area contributed by atoms with Gasteiger partial charge >= 0.3 is 0 Å². The monoisotopic (exact) mass is 254 g/mol. The minimum Gasteiger partial charge on any atom is -0.353 e. The van der Waals surface area contributed by atoms with Crippen molar-refractivity contribution >= 4 is 23.3 Å². The molecule has 0 spiro atoms. The van der Waals surface area contributed by atoms with Crippen molar-refractivity contribution in [2.75, 3.05) is 19.6 Å². The van der Waals surface area contributed by atoms with Crippen LogP contribution < -0.4 is 5.32 Å². The first-order chi connectivity index (χ1) is 8.22. The first kappa shape index (κ1) is 12.0. The van der Waals surface area contributed by atoms with Crippen LogP contribution in [0.5, 0.6) is 0 Å². The molecule has 17 heavy (non-hydrogen) atoms. The fraction of sp³-hybridized carbons (Fsp3) is 0.600. The van der Waals surface area contributed by atoms with E-state index in [1.54, 1.807) is 4.90 Å². The molecule has 6 nitrogen and oxygen atoms in total. The number of hydrogen-bond donors (Lipinski definition) is 1. The average molecular weight is 254 g/mol. The van der Waals surface area contributed by atoms with Crippen LogP contribution in [0.4, 0.5) is 0 Å². The largest absolute Gasteiger partial charge is 0.353 e. The van der Waals surface area contributed by atoms with Crippen molar-refractivity contribution in [3.05, 3.63) is 10.6 Å². The molecule has 2 heterocycles. The lowest BCUT2D eigenvalue weighted by atomic mass is 10.2. The van der Waals surface area contributed by atoms with Crippen molar-refractivity contribution in [2.24, 2.45) is 0 Å². The van der Waals surface area contributed by atoms with Gasteiger partial charge in [0.1, 0.15) is 4.88 Å². The maximum Gasteiger partial charge on any atom is 0.268 e. The number of nitrogens with zero attached hydrogens (tertiary/aromatic N) is 3. The predicted molar refractivity (Wildman–Crippen MR) is 62.8 cm³/mol. The molecule has 1 aromatic rings. The molecule has 0 aromatic carbocycles. The van der Waals surface area contributed by atoms with Gasteiger partial charge in [-0.1, -0.05) is 17.8 Å². The van der Waals surface area contributed by atoms with E-state index in [0.717, 1.165) is 30.1 Å². The molecule has 0 bridgehead atoms. The molecular formula is C10H14N4O2S. The summed E-state index contributed by atoms with van der Waals surface area (Å²) in [6.07, 6.45) is 1.67. The molecule has 2 amide bonds. The van der Waals surface area contributed by atoms with E-state index in [1.807, 2.05) is 6.92 Å². The molecule has 0 unspecified atom stereocenters. The maximum absolute atomic E-state index is 12.2. The standard InChI is InChI=1S/C10H14N4O2S/c1-2-3-7-9(17-13-12-7)10(16)14-5-4-11-8(15)6-14/h2-6H2,1H3,(H,11,15). The zero-order chi connectivity index (χ0) is 12.3. The summed E-state index contributed by atoms with van der Waals surface area (Å²) >= 11 is 1.11. The zero-order valence-corrected chi connectivity index (χ0v) is 10.4. The van der Waals surface area contributed by atoms with Gasteiger partial charge in [-0.25, -0.2) is 0 Å². The third-order valence-corrected chi connectivity index (χ3v) is 3.32. The Morgan fingerprint density at radius 2 is 2.41 bits per heavy atom. The average Bonchev–Trinajstić information content (AvgIpc) is 2.77. The minimum absolute atomic E-state index is 0.112. The van der Waals surface area contributed by atoms with E-state index < -0.39 is 0 Å². The van der Waals surface area contributed by atoms with Crippen molar-refractivity contribution in [1.29, 1.82) is 0 Å². The Kier molecular flexibility index (Phi) is 3.68. The Labute approximate surface area is 103 Å². The molecule has 1 aliphatic heterocycles. The van der Waals surface area contributed by atoms with Crippen molar-refractivity contribution in [3.63, 3.8) is 0 Å². The zero-order valence-electron chi connectivity index (χ0n) is 9.60. The molecule has 0 radical (unpaired) electrons. The summed E-state index contributed by atoms with van der Waals surface area (Å²) in [5.74, 6) is -0.239. The van der Waals surface area contributed by atoms with E-state index in [-0.39, 0.29) is 18.4 Å². The van der Waals surface area contributed by atoms with Crippen LogP contribution in [0.25, 0.3) is 0 Å². The summed E-state index contributed by atoms with van der Waals surface area (Å²) in [4.78, 5) is 25.5. The minimum atomic E-state index is -0.127. The molecule has 1 aliphatic rings. The fourth-order valence-corrected chi connectivity index (χ4v) is 2.40. The van der Waals surface area contributed by atoms with Gasteiger partial charge in [-0.15, -0.1) is 5.10 Å². The molecule has 92 valence electrons. The number of carbonyl (C=O) groups excluding carboxylic acids is 2. The van der Waals surface area contributed by atoms with Crippen LogP contribution in [0.2, 0.25) is 0 Å². The number of rotatable bonds is 3. The molecule has 0 atom stereocenters. The van der Waals surface area contributed by atoms with E-state index in [2.05, 4.69) is 14.9 Å². The molecule has 0 saturated carbocycles. The number of hydrogen-bond acceptors (Lipinski definition) is 5. The van der Waals surface area contributed by atoms with Gasteiger partial charge in [0.15, 0.2) is 0 Å². The van der Waals surface area contributed by atoms with Crippen molar-refractivity contribution in [3.8, 4) is 0 Å². The summed E-state index contributed by atoms with van der Waals surface area (Å²) in [5, 5.41) is 6.65. The predicted octanol–water partition coefficient (Wildman–Crippen LogP) is 0.0626. The molecule has 1 saturated heterocycles. The normalized spacial score (nSPS) is 15.8. The summed E-state index contributed by atoms with van der Waals surface area (Å²) in [5.41, 5.74) is 0.744. The number of nitrogens with one attached hydrogen (secondary N) is 1. The Morgan fingerprint density at radius 3 is 3.12 bits per heavy atom. The fourth-order valence-electron chi connectivity index (χ4n) is 1.73. The Morgan fingerprint density at radius 1 is 1.59 bits per heavy atom. The number of amides is 2. The quantitative estimate of drug-likeness (QED) is 0.828.